The Kier molecular flexibility index (Phi) is 7.82. The Balaban J connectivity index is 2.82. The van der Waals surface area contributed by atoms with Crippen molar-refractivity contribution in [3.05, 3.63) is 0 Å². The smallest absolute Gasteiger partial charge is 0.466 e. The molecule has 2 atom stereocenters. The van der Waals surface area contributed by atoms with Gasteiger partial charge in [-0.05, 0) is 32.7 Å². The van der Waals surface area contributed by atoms with Gasteiger partial charge in [-0.2, -0.15) is 0 Å². The molecule has 1 aliphatic heterocycles. The molecule has 0 aromatic rings. The number of hydrogen-bond acceptors (Lipinski definition) is 6. The number of likely N-dealkylation sites (tertiary alicyclic amines) is 1. The molecular weight excluding hydrogens is 290 g/mol. The fourth-order valence-electron chi connectivity index (χ4n) is 3.13. The van der Waals surface area contributed by atoms with E-state index in [-0.39, 0.29) is 17.6 Å². The average molecular weight is 319 g/mol. The summed E-state index contributed by atoms with van der Waals surface area (Å²) in [6.45, 7) is 5.98. The number of ether oxygens (including phenoxy) is 1. The van der Waals surface area contributed by atoms with E-state index in [1.54, 1.807) is 21.3 Å². The Morgan fingerprint density at radius 3 is 2.33 bits per heavy atom. The summed E-state index contributed by atoms with van der Waals surface area (Å²) >= 11 is 0. The maximum Gasteiger partial charge on any atom is 0.518 e. The van der Waals surface area contributed by atoms with Crippen LogP contribution in [0.1, 0.15) is 33.1 Å². The second kappa shape index (κ2) is 8.85. The number of esters is 1. The number of piperidine rings is 1. The van der Waals surface area contributed by atoms with Crippen molar-refractivity contribution in [2.24, 2.45) is 5.92 Å². The molecule has 0 saturated carbocycles. The topological polar surface area (TPSA) is 57.2 Å². The average Bonchev–Trinajstić information content (AvgIpc) is 2.53. The predicted molar refractivity (Wildman–Crippen MR) is 81.8 cm³/mol. The van der Waals surface area contributed by atoms with Gasteiger partial charge < -0.3 is 18.0 Å². The van der Waals surface area contributed by atoms with E-state index in [2.05, 4.69) is 11.8 Å². The van der Waals surface area contributed by atoms with Gasteiger partial charge in [-0.25, -0.2) is 0 Å². The molecule has 0 bridgehead atoms. The lowest BCUT2D eigenvalue weighted by atomic mass is 9.98. The summed E-state index contributed by atoms with van der Waals surface area (Å²) in [6, 6.07) is 0. The van der Waals surface area contributed by atoms with Gasteiger partial charge in [0.05, 0.1) is 18.2 Å². The molecule has 2 unspecified atom stereocenters. The summed E-state index contributed by atoms with van der Waals surface area (Å²) < 4.78 is 22.0. The molecule has 124 valence electrons. The summed E-state index contributed by atoms with van der Waals surface area (Å²) in [7, 11) is 2.16. The minimum atomic E-state index is -2.74. The number of rotatable bonds is 8. The number of hydrogen-bond donors (Lipinski definition) is 0. The first-order chi connectivity index (χ1) is 10.1. The van der Waals surface area contributed by atoms with Crippen LogP contribution in [0, 0.1) is 5.92 Å². The van der Waals surface area contributed by atoms with E-state index in [1.807, 2.05) is 6.92 Å². The molecule has 0 aliphatic carbocycles. The van der Waals surface area contributed by atoms with Crippen molar-refractivity contribution in [1.82, 2.24) is 4.90 Å². The molecule has 1 aliphatic rings. The van der Waals surface area contributed by atoms with Crippen molar-refractivity contribution in [2.45, 2.75) is 38.8 Å². The maximum atomic E-state index is 12.0. The molecule has 1 fully saturated rings. The molecule has 0 N–H and O–H groups in total. The molecule has 0 aromatic carbocycles. The van der Waals surface area contributed by atoms with E-state index in [4.69, 9.17) is 18.0 Å². The normalized spacial score (nSPS) is 22.0. The second-order valence-electron chi connectivity index (χ2n) is 5.23. The fourth-order valence-corrected chi connectivity index (χ4v) is 5.63. The van der Waals surface area contributed by atoms with Gasteiger partial charge in [0.25, 0.3) is 0 Å². The van der Waals surface area contributed by atoms with Crippen LogP contribution >= 0.6 is 0 Å². The SMILES string of the molecule is CCOC(=O)C1CCCN(C(CC)[Si](OC)(OC)OC)C1. The van der Waals surface area contributed by atoms with Crippen LogP contribution in [-0.2, 0) is 22.8 Å². The van der Waals surface area contributed by atoms with Gasteiger partial charge in [-0.15, -0.1) is 0 Å². The zero-order valence-corrected chi connectivity index (χ0v) is 14.9. The highest BCUT2D eigenvalue weighted by atomic mass is 28.4. The first-order valence-corrected chi connectivity index (χ1v) is 9.44. The van der Waals surface area contributed by atoms with Crippen LogP contribution in [0.5, 0.6) is 0 Å². The number of carbonyl (C=O) groups excluding carboxylic acids is 1. The van der Waals surface area contributed by atoms with Gasteiger partial charge in [0.15, 0.2) is 0 Å². The predicted octanol–water partition coefficient (Wildman–Crippen LogP) is 1.46. The first kappa shape index (κ1) is 18.6. The van der Waals surface area contributed by atoms with Crippen molar-refractivity contribution < 1.29 is 22.8 Å². The van der Waals surface area contributed by atoms with Crippen LogP contribution in [0.15, 0.2) is 0 Å². The molecular formula is C14H29NO5Si. The Morgan fingerprint density at radius 2 is 1.86 bits per heavy atom. The summed E-state index contributed by atoms with van der Waals surface area (Å²) in [4.78, 5) is 14.3. The quantitative estimate of drug-likeness (QED) is 0.499. The lowest BCUT2D eigenvalue weighted by molar-refractivity contribution is -0.150. The van der Waals surface area contributed by atoms with E-state index in [1.165, 1.54) is 0 Å². The minimum Gasteiger partial charge on any atom is -0.466 e. The molecule has 1 rings (SSSR count). The van der Waals surface area contributed by atoms with Gasteiger partial charge >= 0.3 is 14.8 Å². The molecule has 21 heavy (non-hydrogen) atoms. The monoisotopic (exact) mass is 319 g/mol. The molecule has 0 aromatic heterocycles. The van der Waals surface area contributed by atoms with Crippen molar-refractivity contribution in [3.8, 4) is 0 Å². The van der Waals surface area contributed by atoms with E-state index in [0.717, 1.165) is 25.8 Å². The van der Waals surface area contributed by atoms with Crippen LogP contribution < -0.4 is 0 Å². The molecule has 1 saturated heterocycles. The summed E-state index contributed by atoms with van der Waals surface area (Å²) in [5.74, 6) is -0.165. The highest BCUT2D eigenvalue weighted by Gasteiger charge is 2.50. The van der Waals surface area contributed by atoms with Crippen LogP contribution in [0.3, 0.4) is 0 Å². The lowest BCUT2D eigenvalue weighted by Gasteiger charge is -2.42. The van der Waals surface area contributed by atoms with E-state index < -0.39 is 8.80 Å². The van der Waals surface area contributed by atoms with E-state index in [0.29, 0.717) is 13.2 Å². The fraction of sp³-hybridized carbons (Fsp3) is 0.929. The minimum absolute atomic E-state index is 0.0646. The van der Waals surface area contributed by atoms with Gasteiger partial charge in [0.2, 0.25) is 0 Å². The second-order valence-corrected chi connectivity index (χ2v) is 8.32. The molecule has 1 heterocycles. The highest BCUT2D eigenvalue weighted by Crippen LogP contribution is 2.26. The van der Waals surface area contributed by atoms with Crippen LogP contribution in [0.2, 0.25) is 0 Å². The molecule has 7 heteroatoms. The van der Waals surface area contributed by atoms with Gasteiger partial charge in [0.1, 0.15) is 0 Å². The Bertz CT molecular complexity index is 316. The van der Waals surface area contributed by atoms with Gasteiger partial charge in [-0.1, -0.05) is 6.92 Å². The molecule has 6 nitrogen and oxygen atoms in total. The first-order valence-electron chi connectivity index (χ1n) is 7.64. The number of carbonyl (C=O) groups is 1. The maximum absolute atomic E-state index is 12.0. The molecule has 0 spiro atoms. The van der Waals surface area contributed by atoms with Crippen LogP contribution in [0.25, 0.3) is 0 Å². The third-order valence-electron chi connectivity index (χ3n) is 4.16. The van der Waals surface area contributed by atoms with Crippen LogP contribution in [-0.4, -0.2) is 66.4 Å². The summed E-state index contributed by atoms with van der Waals surface area (Å²) in [5, 5.41) is 0. The number of nitrogens with zero attached hydrogens (tertiary/aromatic N) is 1. The highest BCUT2D eigenvalue weighted by molar-refractivity contribution is 6.62. The molecule has 0 amide bonds. The van der Waals surface area contributed by atoms with Crippen LogP contribution in [0.4, 0.5) is 0 Å². The standard InChI is InChI=1S/C14H29NO5Si/c1-6-13(21(17-3,18-4)19-5)15-10-8-9-12(11-15)14(16)20-7-2/h12-13H,6-11H2,1-5H3. The van der Waals surface area contributed by atoms with E-state index in [9.17, 15) is 4.79 Å². The van der Waals surface area contributed by atoms with Crippen molar-refractivity contribution in [3.63, 3.8) is 0 Å². The zero-order chi connectivity index (χ0) is 15.9. The van der Waals surface area contributed by atoms with Gasteiger partial charge in [-0.3, -0.25) is 9.69 Å². The van der Waals surface area contributed by atoms with Gasteiger partial charge in [0, 0.05) is 27.9 Å². The van der Waals surface area contributed by atoms with Crippen molar-refractivity contribution in [1.29, 1.82) is 0 Å². The Morgan fingerprint density at radius 1 is 1.24 bits per heavy atom. The molecule has 0 radical (unpaired) electrons. The van der Waals surface area contributed by atoms with Crippen molar-refractivity contribution in [2.75, 3.05) is 41.0 Å². The largest absolute Gasteiger partial charge is 0.518 e. The lowest BCUT2D eigenvalue weighted by Crippen LogP contribution is -2.63. The van der Waals surface area contributed by atoms with E-state index >= 15 is 0 Å². The summed E-state index contributed by atoms with van der Waals surface area (Å²) in [5.41, 5.74) is 0.0646. The third-order valence-corrected chi connectivity index (χ3v) is 7.46. The Hall–Kier alpha value is -0.473. The van der Waals surface area contributed by atoms with Crippen molar-refractivity contribution >= 4 is 14.8 Å². The summed E-state index contributed by atoms with van der Waals surface area (Å²) in [6.07, 6.45) is 2.71. The Labute approximate surface area is 129 Å². The third kappa shape index (κ3) is 4.26. The zero-order valence-electron chi connectivity index (χ0n) is 13.9.